The minimum Gasteiger partial charge on any atom is -0.394 e. The standard InChI is InChI=1S/C19H34O8/c1-10-7-12(21)8-18(3,4)19(10,25)6-5-11(2)26-17-16(24)15(23)14(22)13(9-20)27-17/h5-6,10-17,20-25H,7-9H2,1-4H3/b6-5+/t10?,11?,12?,13-,14-,15+,16-,17-,19?/m1/s1. The molecule has 0 spiro atoms. The third-order valence-electron chi connectivity index (χ3n) is 6.03. The van der Waals surface area contributed by atoms with Crippen LogP contribution >= 0.6 is 0 Å². The number of hydrogen-bond acceptors (Lipinski definition) is 8. The van der Waals surface area contributed by atoms with Crippen LogP contribution in [0.4, 0.5) is 0 Å². The van der Waals surface area contributed by atoms with Gasteiger partial charge in [0.1, 0.15) is 24.4 Å². The molecule has 8 nitrogen and oxygen atoms in total. The van der Waals surface area contributed by atoms with Crippen molar-refractivity contribution < 1.29 is 40.1 Å². The van der Waals surface area contributed by atoms with Gasteiger partial charge >= 0.3 is 0 Å². The van der Waals surface area contributed by atoms with Crippen molar-refractivity contribution in [2.24, 2.45) is 11.3 Å². The number of ether oxygens (including phenoxy) is 2. The van der Waals surface area contributed by atoms with Gasteiger partial charge in [-0.05, 0) is 31.1 Å². The van der Waals surface area contributed by atoms with Crippen LogP contribution in [0.15, 0.2) is 12.2 Å². The summed E-state index contributed by atoms with van der Waals surface area (Å²) in [6.07, 6.45) is -3.42. The molecule has 0 aromatic carbocycles. The molecule has 1 saturated heterocycles. The van der Waals surface area contributed by atoms with Gasteiger partial charge in [-0.1, -0.05) is 32.9 Å². The Morgan fingerprint density at radius 2 is 1.78 bits per heavy atom. The highest BCUT2D eigenvalue weighted by Crippen LogP contribution is 2.48. The maximum absolute atomic E-state index is 11.2. The Labute approximate surface area is 160 Å². The van der Waals surface area contributed by atoms with E-state index in [1.54, 1.807) is 19.1 Å². The number of hydrogen-bond donors (Lipinski definition) is 6. The number of rotatable bonds is 5. The van der Waals surface area contributed by atoms with E-state index in [9.17, 15) is 30.6 Å². The fourth-order valence-corrected chi connectivity index (χ4v) is 4.20. The molecule has 8 heteroatoms. The van der Waals surface area contributed by atoms with E-state index in [0.717, 1.165) is 0 Å². The molecule has 1 aliphatic heterocycles. The minimum absolute atomic E-state index is 0.160. The van der Waals surface area contributed by atoms with Crippen LogP contribution in [-0.2, 0) is 9.47 Å². The molecule has 2 rings (SSSR count). The van der Waals surface area contributed by atoms with Gasteiger partial charge in [-0.2, -0.15) is 0 Å². The Kier molecular flexibility index (Phi) is 7.08. The predicted octanol–water partition coefficient (Wildman–Crippen LogP) is -0.704. The van der Waals surface area contributed by atoms with E-state index in [0.29, 0.717) is 12.8 Å². The number of aliphatic hydroxyl groups excluding tert-OH is 5. The average molecular weight is 390 g/mol. The third kappa shape index (κ3) is 4.54. The maximum Gasteiger partial charge on any atom is 0.187 e. The molecule has 1 heterocycles. The normalized spacial score (nSPS) is 46.5. The molecule has 1 saturated carbocycles. The smallest absolute Gasteiger partial charge is 0.187 e. The summed E-state index contributed by atoms with van der Waals surface area (Å²) >= 11 is 0. The zero-order chi connectivity index (χ0) is 20.6. The largest absolute Gasteiger partial charge is 0.394 e. The monoisotopic (exact) mass is 390 g/mol. The van der Waals surface area contributed by atoms with Gasteiger partial charge in [0.15, 0.2) is 6.29 Å². The highest BCUT2D eigenvalue weighted by Gasteiger charge is 2.50. The Morgan fingerprint density at radius 1 is 1.15 bits per heavy atom. The van der Waals surface area contributed by atoms with Crippen LogP contribution in [0, 0.1) is 11.3 Å². The van der Waals surface area contributed by atoms with E-state index >= 15 is 0 Å². The molecule has 2 fully saturated rings. The lowest BCUT2D eigenvalue weighted by Crippen LogP contribution is -2.59. The molecule has 0 aromatic heterocycles. The zero-order valence-electron chi connectivity index (χ0n) is 16.4. The molecular weight excluding hydrogens is 356 g/mol. The fraction of sp³-hybridized carbons (Fsp3) is 0.895. The first-order valence-electron chi connectivity index (χ1n) is 9.48. The fourth-order valence-electron chi connectivity index (χ4n) is 4.20. The van der Waals surface area contributed by atoms with Gasteiger partial charge in [0.2, 0.25) is 0 Å². The first-order chi connectivity index (χ1) is 12.4. The van der Waals surface area contributed by atoms with E-state index in [-0.39, 0.29) is 5.92 Å². The molecule has 2 aliphatic rings. The summed E-state index contributed by atoms with van der Waals surface area (Å²) in [5.41, 5.74) is -1.68. The lowest BCUT2D eigenvalue weighted by Gasteiger charge is -2.50. The summed E-state index contributed by atoms with van der Waals surface area (Å²) in [5, 5.41) is 60.1. The lowest BCUT2D eigenvalue weighted by molar-refractivity contribution is -0.306. The van der Waals surface area contributed by atoms with Gasteiger partial charge in [-0.25, -0.2) is 0 Å². The van der Waals surface area contributed by atoms with Gasteiger partial charge in [0.05, 0.1) is 24.4 Å². The molecule has 0 amide bonds. The molecule has 6 N–H and O–H groups in total. The molecule has 1 aliphatic carbocycles. The van der Waals surface area contributed by atoms with E-state index in [4.69, 9.17) is 9.47 Å². The number of aliphatic hydroxyl groups is 6. The molecule has 158 valence electrons. The van der Waals surface area contributed by atoms with Crippen LogP contribution in [0.3, 0.4) is 0 Å². The van der Waals surface area contributed by atoms with Crippen molar-refractivity contribution in [1.29, 1.82) is 0 Å². The average Bonchev–Trinajstić information content (AvgIpc) is 2.58. The van der Waals surface area contributed by atoms with Gasteiger partial charge in [0.25, 0.3) is 0 Å². The van der Waals surface area contributed by atoms with Crippen LogP contribution in [0.1, 0.15) is 40.5 Å². The summed E-state index contributed by atoms with van der Waals surface area (Å²) in [4.78, 5) is 0. The summed E-state index contributed by atoms with van der Waals surface area (Å²) in [7, 11) is 0. The van der Waals surface area contributed by atoms with E-state index in [2.05, 4.69) is 0 Å². The van der Waals surface area contributed by atoms with Gasteiger partial charge in [-0.15, -0.1) is 0 Å². The summed E-state index contributed by atoms with van der Waals surface area (Å²) in [6.45, 7) is 6.86. The SMILES string of the molecule is CC(/C=C/C1(O)C(C)CC(O)CC1(C)C)O[C@@H]1O[C@H](CO)[C@@H](O)[C@H](O)[C@H]1O. The van der Waals surface area contributed by atoms with Crippen molar-refractivity contribution in [3.05, 3.63) is 12.2 Å². The van der Waals surface area contributed by atoms with Crippen molar-refractivity contribution >= 4 is 0 Å². The summed E-state index contributed by atoms with van der Waals surface area (Å²) in [6, 6.07) is 0. The third-order valence-corrected chi connectivity index (χ3v) is 6.03. The van der Waals surface area contributed by atoms with E-state index < -0.39 is 60.5 Å². The lowest BCUT2D eigenvalue weighted by atomic mass is 9.60. The molecule has 0 aromatic rings. The maximum atomic E-state index is 11.2. The van der Waals surface area contributed by atoms with Crippen molar-refractivity contribution in [3.8, 4) is 0 Å². The van der Waals surface area contributed by atoms with Crippen molar-refractivity contribution in [1.82, 2.24) is 0 Å². The zero-order valence-corrected chi connectivity index (χ0v) is 16.4. The molecule has 9 atom stereocenters. The summed E-state index contributed by atoms with van der Waals surface area (Å²) < 4.78 is 10.9. The van der Waals surface area contributed by atoms with Crippen molar-refractivity contribution in [2.75, 3.05) is 6.61 Å². The Morgan fingerprint density at radius 3 is 2.33 bits per heavy atom. The van der Waals surface area contributed by atoms with E-state index in [1.807, 2.05) is 20.8 Å². The second-order valence-electron chi connectivity index (χ2n) is 8.60. The first-order valence-corrected chi connectivity index (χ1v) is 9.48. The van der Waals surface area contributed by atoms with Gasteiger partial charge in [0, 0.05) is 0 Å². The molecular formula is C19H34O8. The van der Waals surface area contributed by atoms with Gasteiger partial charge < -0.3 is 40.1 Å². The first kappa shape index (κ1) is 22.7. The Hall–Kier alpha value is -0.580. The topological polar surface area (TPSA) is 140 Å². The van der Waals surface area contributed by atoms with Crippen LogP contribution < -0.4 is 0 Å². The minimum atomic E-state index is -1.50. The molecule has 4 unspecified atom stereocenters. The molecule has 27 heavy (non-hydrogen) atoms. The quantitative estimate of drug-likeness (QED) is 0.339. The Balaban J connectivity index is 2.07. The van der Waals surface area contributed by atoms with Crippen LogP contribution in [0.5, 0.6) is 0 Å². The Bertz CT molecular complexity index is 522. The van der Waals surface area contributed by atoms with Crippen LogP contribution in [0.2, 0.25) is 0 Å². The predicted molar refractivity (Wildman–Crippen MR) is 96.6 cm³/mol. The second-order valence-corrected chi connectivity index (χ2v) is 8.60. The van der Waals surface area contributed by atoms with Crippen molar-refractivity contribution in [2.45, 2.75) is 89.1 Å². The van der Waals surface area contributed by atoms with Crippen LogP contribution in [0.25, 0.3) is 0 Å². The highest BCUT2D eigenvalue weighted by molar-refractivity contribution is 5.15. The highest BCUT2D eigenvalue weighted by atomic mass is 16.7. The van der Waals surface area contributed by atoms with Gasteiger partial charge in [-0.3, -0.25) is 0 Å². The second kappa shape index (κ2) is 8.42. The summed E-state index contributed by atoms with van der Waals surface area (Å²) in [5.74, 6) is -0.160. The van der Waals surface area contributed by atoms with Crippen LogP contribution in [-0.4, -0.2) is 85.8 Å². The van der Waals surface area contributed by atoms with E-state index in [1.165, 1.54) is 0 Å². The molecule has 0 bridgehead atoms. The van der Waals surface area contributed by atoms with Crippen molar-refractivity contribution in [3.63, 3.8) is 0 Å². The molecule has 0 radical (unpaired) electrons.